The van der Waals surface area contributed by atoms with Crippen LogP contribution in [0.1, 0.15) is 52.4 Å². The standard InChI is InChI=1S/C23H37N5O7S/c1-14(2)19-22(32)25-15(20(30)24-9-6-12-36(3,34)35)13-18(29)27-10-5-8-17(27)23(33)28-11-4-7-16(28)21(31)26-19/h14-17,19H,4-13H2,1-3H3,(H,24,30)(H,25,32)(H,26,31)/t15-,16+,17-,19-/m0/s1. The maximum atomic E-state index is 13.4. The number of hydrogen-bond donors (Lipinski definition) is 3. The quantitative estimate of drug-likeness (QED) is 0.356. The molecule has 0 spiro atoms. The lowest BCUT2D eigenvalue weighted by Crippen LogP contribution is -2.58. The van der Waals surface area contributed by atoms with Gasteiger partial charge in [-0.1, -0.05) is 13.8 Å². The Morgan fingerprint density at radius 3 is 2.28 bits per heavy atom. The number of carbonyl (C=O) groups is 5. The first-order valence-electron chi connectivity index (χ1n) is 12.5. The van der Waals surface area contributed by atoms with Gasteiger partial charge in [-0.3, -0.25) is 24.0 Å². The summed E-state index contributed by atoms with van der Waals surface area (Å²) >= 11 is 0. The molecule has 3 aliphatic heterocycles. The average molecular weight is 528 g/mol. The van der Waals surface area contributed by atoms with Crippen molar-refractivity contribution in [1.29, 1.82) is 0 Å². The third kappa shape index (κ3) is 6.74. The summed E-state index contributed by atoms with van der Waals surface area (Å²) in [5.41, 5.74) is 0. The molecule has 0 saturated carbocycles. The summed E-state index contributed by atoms with van der Waals surface area (Å²) in [5.74, 6) is -2.79. The Balaban J connectivity index is 1.86. The molecular weight excluding hydrogens is 490 g/mol. The van der Waals surface area contributed by atoms with E-state index < -0.39 is 57.6 Å². The second kappa shape index (κ2) is 11.6. The van der Waals surface area contributed by atoms with E-state index in [4.69, 9.17) is 0 Å². The van der Waals surface area contributed by atoms with Crippen LogP contribution in [0.2, 0.25) is 0 Å². The SMILES string of the molecule is CC(C)[C@@H]1NC(=O)[C@H]2CCCN2C(=O)[C@@H]2CCCN2C(=O)C[C@@H](C(=O)NCCCS(C)(=O)=O)NC1=O. The molecule has 3 N–H and O–H groups in total. The lowest BCUT2D eigenvalue weighted by Gasteiger charge is -2.31. The minimum absolute atomic E-state index is 0.0538. The predicted molar refractivity (Wildman–Crippen MR) is 130 cm³/mol. The molecule has 0 aromatic heterocycles. The van der Waals surface area contributed by atoms with E-state index in [9.17, 15) is 32.4 Å². The van der Waals surface area contributed by atoms with E-state index in [-0.39, 0.29) is 37.0 Å². The largest absolute Gasteiger partial charge is 0.354 e. The zero-order chi connectivity index (χ0) is 26.6. The Kier molecular flexibility index (Phi) is 8.96. The molecule has 13 heteroatoms. The van der Waals surface area contributed by atoms with Gasteiger partial charge < -0.3 is 25.8 Å². The first-order chi connectivity index (χ1) is 16.9. The maximum Gasteiger partial charge on any atom is 0.246 e. The van der Waals surface area contributed by atoms with Crippen LogP contribution in [0, 0.1) is 5.92 Å². The smallest absolute Gasteiger partial charge is 0.246 e. The number of carbonyl (C=O) groups excluding carboxylic acids is 5. The number of rotatable bonds is 6. The normalized spacial score (nSPS) is 28.0. The molecule has 12 nitrogen and oxygen atoms in total. The highest BCUT2D eigenvalue weighted by atomic mass is 32.2. The Hall–Kier alpha value is -2.70. The second-order valence-corrected chi connectivity index (χ2v) is 12.5. The molecule has 0 bridgehead atoms. The highest BCUT2D eigenvalue weighted by Crippen LogP contribution is 2.26. The van der Waals surface area contributed by atoms with E-state index >= 15 is 0 Å². The summed E-state index contributed by atoms with van der Waals surface area (Å²) in [6.45, 7) is 4.32. The van der Waals surface area contributed by atoms with Gasteiger partial charge in [0.25, 0.3) is 0 Å². The van der Waals surface area contributed by atoms with Crippen LogP contribution in [0.15, 0.2) is 0 Å². The second-order valence-electron chi connectivity index (χ2n) is 10.2. The highest BCUT2D eigenvalue weighted by molar-refractivity contribution is 7.90. The van der Waals surface area contributed by atoms with Gasteiger partial charge in [0.2, 0.25) is 29.5 Å². The molecule has 3 fully saturated rings. The van der Waals surface area contributed by atoms with Crippen LogP contribution in [0.5, 0.6) is 0 Å². The lowest BCUT2D eigenvalue weighted by atomic mass is 10.0. The zero-order valence-corrected chi connectivity index (χ0v) is 21.9. The van der Waals surface area contributed by atoms with Gasteiger partial charge in [0.05, 0.1) is 12.2 Å². The Labute approximate surface area is 211 Å². The molecule has 3 heterocycles. The fraction of sp³-hybridized carbons (Fsp3) is 0.783. The lowest BCUT2D eigenvalue weighted by molar-refractivity contribution is -0.147. The molecular formula is C23H37N5O7S. The third-order valence-corrected chi connectivity index (χ3v) is 7.98. The van der Waals surface area contributed by atoms with Crippen LogP contribution in [-0.4, -0.2) is 104 Å². The Morgan fingerprint density at radius 1 is 1.00 bits per heavy atom. The van der Waals surface area contributed by atoms with E-state index in [1.807, 2.05) is 0 Å². The van der Waals surface area contributed by atoms with Crippen LogP contribution in [0.3, 0.4) is 0 Å². The van der Waals surface area contributed by atoms with E-state index in [0.717, 1.165) is 6.26 Å². The van der Waals surface area contributed by atoms with Crippen molar-refractivity contribution in [3.8, 4) is 0 Å². The van der Waals surface area contributed by atoms with Crippen LogP contribution in [-0.2, 0) is 33.8 Å². The van der Waals surface area contributed by atoms with Crippen molar-refractivity contribution in [2.24, 2.45) is 5.92 Å². The van der Waals surface area contributed by atoms with Crippen molar-refractivity contribution in [1.82, 2.24) is 25.8 Å². The minimum Gasteiger partial charge on any atom is -0.354 e. The van der Waals surface area contributed by atoms with Gasteiger partial charge in [-0.2, -0.15) is 0 Å². The van der Waals surface area contributed by atoms with Crippen LogP contribution < -0.4 is 16.0 Å². The highest BCUT2D eigenvalue weighted by Gasteiger charge is 2.44. The van der Waals surface area contributed by atoms with Gasteiger partial charge in [0, 0.05) is 25.9 Å². The fourth-order valence-corrected chi connectivity index (χ4v) is 5.70. The molecule has 5 amide bonds. The van der Waals surface area contributed by atoms with Gasteiger partial charge >= 0.3 is 0 Å². The summed E-state index contributed by atoms with van der Waals surface area (Å²) in [4.78, 5) is 68.9. The molecule has 0 aromatic carbocycles. The minimum atomic E-state index is -3.20. The number of amides is 5. The van der Waals surface area contributed by atoms with Crippen molar-refractivity contribution >= 4 is 39.4 Å². The first kappa shape index (κ1) is 27.9. The molecule has 3 saturated heterocycles. The molecule has 3 aliphatic rings. The number of nitrogens with one attached hydrogen (secondary N) is 3. The summed E-state index contributed by atoms with van der Waals surface area (Å²) in [6, 6.07) is -3.62. The van der Waals surface area contributed by atoms with Crippen molar-refractivity contribution in [2.45, 2.75) is 76.5 Å². The van der Waals surface area contributed by atoms with E-state index in [0.29, 0.717) is 38.8 Å². The van der Waals surface area contributed by atoms with Crippen molar-refractivity contribution < 1.29 is 32.4 Å². The topological polar surface area (TPSA) is 162 Å². The zero-order valence-electron chi connectivity index (χ0n) is 21.1. The Morgan fingerprint density at radius 2 is 1.64 bits per heavy atom. The van der Waals surface area contributed by atoms with Gasteiger partial charge in [-0.05, 0) is 38.0 Å². The van der Waals surface area contributed by atoms with E-state index in [1.54, 1.807) is 13.8 Å². The molecule has 3 rings (SSSR count). The Bertz CT molecular complexity index is 989. The molecule has 0 aliphatic carbocycles. The fourth-order valence-electron chi connectivity index (χ4n) is 5.03. The number of sulfone groups is 1. The predicted octanol–water partition coefficient (Wildman–Crippen LogP) is -1.45. The van der Waals surface area contributed by atoms with Crippen molar-refractivity contribution in [3.05, 3.63) is 0 Å². The van der Waals surface area contributed by atoms with Crippen molar-refractivity contribution in [2.75, 3.05) is 31.6 Å². The van der Waals surface area contributed by atoms with Crippen LogP contribution >= 0.6 is 0 Å². The average Bonchev–Trinajstić information content (AvgIpc) is 3.47. The monoisotopic (exact) mass is 527 g/mol. The van der Waals surface area contributed by atoms with Gasteiger partial charge in [0.1, 0.15) is 34.0 Å². The van der Waals surface area contributed by atoms with Crippen LogP contribution in [0.4, 0.5) is 0 Å². The third-order valence-electron chi connectivity index (χ3n) is 6.95. The molecule has 0 aromatic rings. The van der Waals surface area contributed by atoms with Gasteiger partial charge in [0.15, 0.2) is 0 Å². The number of hydrogen-bond acceptors (Lipinski definition) is 7. The van der Waals surface area contributed by atoms with Gasteiger partial charge in [-0.25, -0.2) is 8.42 Å². The first-order valence-corrected chi connectivity index (χ1v) is 14.6. The molecule has 0 unspecified atom stereocenters. The van der Waals surface area contributed by atoms with Crippen LogP contribution in [0.25, 0.3) is 0 Å². The number of fused-ring (bicyclic) bond motifs is 2. The molecule has 202 valence electrons. The van der Waals surface area contributed by atoms with Crippen molar-refractivity contribution in [3.63, 3.8) is 0 Å². The molecule has 36 heavy (non-hydrogen) atoms. The number of nitrogens with zero attached hydrogens (tertiary/aromatic N) is 2. The van der Waals surface area contributed by atoms with E-state index in [1.165, 1.54) is 9.80 Å². The summed E-state index contributed by atoms with van der Waals surface area (Å²) < 4.78 is 22.7. The van der Waals surface area contributed by atoms with Gasteiger partial charge in [-0.15, -0.1) is 0 Å². The summed E-state index contributed by atoms with van der Waals surface area (Å²) in [5, 5.41) is 7.96. The summed E-state index contributed by atoms with van der Waals surface area (Å²) in [6.07, 6.45) is 3.16. The maximum absolute atomic E-state index is 13.4. The molecule has 4 atom stereocenters. The van der Waals surface area contributed by atoms with E-state index in [2.05, 4.69) is 16.0 Å². The summed E-state index contributed by atoms with van der Waals surface area (Å²) in [7, 11) is -3.20. The molecule has 0 radical (unpaired) electrons.